The topological polar surface area (TPSA) is 44.8 Å². The Bertz CT molecular complexity index is 772. The second-order valence-corrected chi connectivity index (χ2v) is 7.37. The van der Waals surface area contributed by atoms with Crippen molar-refractivity contribution in [1.82, 2.24) is 0 Å². The van der Waals surface area contributed by atoms with Crippen molar-refractivity contribution in [3.05, 3.63) is 47.0 Å². The van der Waals surface area contributed by atoms with Gasteiger partial charge < -0.3 is 14.2 Å². The van der Waals surface area contributed by atoms with E-state index < -0.39 is 0 Å². The highest BCUT2D eigenvalue weighted by Crippen LogP contribution is 2.43. The molecule has 2 rings (SSSR count). The molecule has 0 bridgehead atoms. The van der Waals surface area contributed by atoms with Crippen molar-refractivity contribution in [3.8, 4) is 23.0 Å². The molecular formula is C22H28O4. The van der Waals surface area contributed by atoms with Crippen LogP contribution < -0.4 is 14.2 Å². The van der Waals surface area contributed by atoms with E-state index in [0.717, 1.165) is 29.6 Å². The molecule has 0 aliphatic heterocycles. The van der Waals surface area contributed by atoms with Crippen LogP contribution in [-0.4, -0.2) is 20.0 Å². The van der Waals surface area contributed by atoms with Crippen LogP contribution in [0.2, 0.25) is 0 Å². The van der Waals surface area contributed by atoms with E-state index in [2.05, 4.69) is 32.9 Å². The SMILES string of the molecule is CCCOc1c(OC)cc(C=O)cc1Oc1cc(C)ccc1C(C)(C)C. The number of aldehydes is 1. The molecule has 0 saturated heterocycles. The van der Waals surface area contributed by atoms with Crippen LogP contribution in [0.3, 0.4) is 0 Å². The lowest BCUT2D eigenvalue weighted by Gasteiger charge is -2.24. The molecule has 0 aliphatic carbocycles. The fourth-order valence-electron chi connectivity index (χ4n) is 2.69. The van der Waals surface area contributed by atoms with Crippen molar-refractivity contribution in [2.45, 2.75) is 46.5 Å². The number of benzene rings is 2. The monoisotopic (exact) mass is 356 g/mol. The van der Waals surface area contributed by atoms with Crippen LogP contribution in [0.15, 0.2) is 30.3 Å². The fraction of sp³-hybridized carbons (Fsp3) is 0.409. The van der Waals surface area contributed by atoms with E-state index in [1.54, 1.807) is 19.2 Å². The number of methoxy groups -OCH3 is 1. The Morgan fingerprint density at radius 1 is 1.04 bits per heavy atom. The van der Waals surface area contributed by atoms with Gasteiger partial charge in [-0.25, -0.2) is 0 Å². The van der Waals surface area contributed by atoms with Gasteiger partial charge in [0.05, 0.1) is 13.7 Å². The first-order valence-electron chi connectivity index (χ1n) is 8.89. The lowest BCUT2D eigenvalue weighted by Crippen LogP contribution is -2.13. The molecule has 0 N–H and O–H groups in total. The van der Waals surface area contributed by atoms with E-state index in [1.807, 2.05) is 19.9 Å². The quantitative estimate of drug-likeness (QED) is 0.597. The minimum atomic E-state index is -0.0835. The summed E-state index contributed by atoms with van der Waals surface area (Å²) in [4.78, 5) is 11.3. The molecule has 0 aliphatic rings. The van der Waals surface area contributed by atoms with Crippen molar-refractivity contribution in [2.75, 3.05) is 13.7 Å². The Balaban J connectivity index is 2.58. The first-order valence-corrected chi connectivity index (χ1v) is 8.89. The van der Waals surface area contributed by atoms with E-state index in [1.165, 1.54) is 0 Å². The zero-order valence-electron chi connectivity index (χ0n) is 16.5. The van der Waals surface area contributed by atoms with Gasteiger partial charge in [0.2, 0.25) is 5.75 Å². The maximum Gasteiger partial charge on any atom is 0.204 e. The summed E-state index contributed by atoms with van der Waals surface area (Å²) >= 11 is 0. The molecule has 0 fully saturated rings. The molecule has 0 heterocycles. The van der Waals surface area contributed by atoms with E-state index in [9.17, 15) is 4.79 Å². The zero-order chi connectivity index (χ0) is 19.3. The Morgan fingerprint density at radius 3 is 2.31 bits per heavy atom. The molecule has 0 aromatic heterocycles. The van der Waals surface area contributed by atoms with Crippen LogP contribution in [0.4, 0.5) is 0 Å². The van der Waals surface area contributed by atoms with E-state index in [4.69, 9.17) is 14.2 Å². The maximum atomic E-state index is 11.3. The predicted octanol–water partition coefficient (Wildman–Crippen LogP) is 5.69. The first kappa shape index (κ1) is 19.8. The molecule has 2 aromatic rings. The Labute approximate surface area is 156 Å². The van der Waals surface area contributed by atoms with Crippen LogP contribution in [0.5, 0.6) is 23.0 Å². The van der Waals surface area contributed by atoms with E-state index in [-0.39, 0.29) is 5.41 Å². The highest BCUT2D eigenvalue weighted by Gasteiger charge is 2.22. The summed E-state index contributed by atoms with van der Waals surface area (Å²) in [6.45, 7) is 11.0. The average Bonchev–Trinajstić information content (AvgIpc) is 2.58. The molecule has 0 unspecified atom stereocenters. The minimum absolute atomic E-state index is 0.0835. The van der Waals surface area contributed by atoms with Gasteiger partial charge >= 0.3 is 0 Å². The van der Waals surface area contributed by atoms with Gasteiger partial charge in [0.15, 0.2) is 11.5 Å². The lowest BCUT2D eigenvalue weighted by molar-refractivity contribution is 0.112. The largest absolute Gasteiger partial charge is 0.493 e. The van der Waals surface area contributed by atoms with Crippen molar-refractivity contribution in [3.63, 3.8) is 0 Å². The second-order valence-electron chi connectivity index (χ2n) is 7.37. The third-order valence-electron chi connectivity index (χ3n) is 4.01. The van der Waals surface area contributed by atoms with Crippen LogP contribution >= 0.6 is 0 Å². The Kier molecular flexibility index (Phi) is 6.30. The van der Waals surface area contributed by atoms with Gasteiger partial charge in [0, 0.05) is 11.1 Å². The normalized spacial score (nSPS) is 11.2. The molecule has 4 heteroatoms. The molecule has 2 aromatic carbocycles. The van der Waals surface area contributed by atoms with Gasteiger partial charge in [0.1, 0.15) is 12.0 Å². The van der Waals surface area contributed by atoms with Crippen LogP contribution in [-0.2, 0) is 5.41 Å². The van der Waals surface area contributed by atoms with Crippen molar-refractivity contribution < 1.29 is 19.0 Å². The lowest BCUT2D eigenvalue weighted by atomic mass is 9.86. The number of aryl methyl sites for hydroxylation is 1. The van der Waals surface area contributed by atoms with Gasteiger partial charge in [0.25, 0.3) is 0 Å². The van der Waals surface area contributed by atoms with E-state index in [0.29, 0.717) is 29.4 Å². The average molecular weight is 356 g/mol. The molecule has 0 radical (unpaired) electrons. The zero-order valence-corrected chi connectivity index (χ0v) is 16.5. The summed E-state index contributed by atoms with van der Waals surface area (Å²) in [6, 6.07) is 9.51. The van der Waals surface area contributed by atoms with Gasteiger partial charge in [-0.15, -0.1) is 0 Å². The third-order valence-corrected chi connectivity index (χ3v) is 4.01. The molecule has 0 atom stereocenters. The number of hydrogen-bond donors (Lipinski definition) is 0. The molecular weight excluding hydrogens is 328 g/mol. The van der Waals surface area contributed by atoms with Gasteiger partial charge in [-0.3, -0.25) is 4.79 Å². The fourth-order valence-corrected chi connectivity index (χ4v) is 2.69. The third kappa shape index (κ3) is 4.57. The highest BCUT2D eigenvalue weighted by atomic mass is 16.5. The highest BCUT2D eigenvalue weighted by molar-refractivity contribution is 5.78. The van der Waals surface area contributed by atoms with E-state index >= 15 is 0 Å². The summed E-state index contributed by atoms with van der Waals surface area (Å²) in [5, 5.41) is 0. The van der Waals surface area contributed by atoms with Gasteiger partial charge in [-0.05, 0) is 42.5 Å². The van der Waals surface area contributed by atoms with Crippen molar-refractivity contribution in [1.29, 1.82) is 0 Å². The molecule has 4 nitrogen and oxygen atoms in total. The standard InChI is InChI=1S/C22H28O4/c1-7-10-25-21-19(24-6)12-16(14-23)13-20(21)26-18-11-15(2)8-9-17(18)22(3,4)5/h8-9,11-14H,7,10H2,1-6H3. The molecule has 0 amide bonds. The number of hydrogen-bond acceptors (Lipinski definition) is 4. The molecule has 0 spiro atoms. The smallest absolute Gasteiger partial charge is 0.204 e. The summed E-state index contributed by atoms with van der Waals surface area (Å²) in [5.41, 5.74) is 2.58. The maximum absolute atomic E-state index is 11.3. The van der Waals surface area contributed by atoms with Crippen LogP contribution in [0, 0.1) is 6.92 Å². The second kappa shape index (κ2) is 8.26. The number of carbonyl (C=O) groups excluding carboxylic acids is 1. The summed E-state index contributed by atoms with van der Waals surface area (Å²) in [7, 11) is 1.56. The summed E-state index contributed by atoms with van der Waals surface area (Å²) in [5.74, 6) is 2.24. The minimum Gasteiger partial charge on any atom is -0.493 e. The van der Waals surface area contributed by atoms with Crippen molar-refractivity contribution in [2.24, 2.45) is 0 Å². The molecule has 140 valence electrons. The van der Waals surface area contributed by atoms with Crippen LogP contribution in [0.1, 0.15) is 55.6 Å². The van der Waals surface area contributed by atoms with Crippen LogP contribution in [0.25, 0.3) is 0 Å². The Hall–Kier alpha value is -2.49. The number of ether oxygens (including phenoxy) is 3. The molecule has 0 saturated carbocycles. The molecule has 26 heavy (non-hydrogen) atoms. The Morgan fingerprint density at radius 2 is 1.73 bits per heavy atom. The number of rotatable bonds is 7. The first-order chi connectivity index (χ1) is 12.3. The van der Waals surface area contributed by atoms with Crippen molar-refractivity contribution >= 4 is 6.29 Å². The van der Waals surface area contributed by atoms with Gasteiger partial charge in [-0.1, -0.05) is 39.8 Å². The number of carbonyl (C=O) groups is 1. The predicted molar refractivity (Wildman–Crippen MR) is 104 cm³/mol. The summed E-state index contributed by atoms with van der Waals surface area (Å²) in [6.07, 6.45) is 1.63. The van der Waals surface area contributed by atoms with Gasteiger partial charge in [-0.2, -0.15) is 0 Å². The summed E-state index contributed by atoms with van der Waals surface area (Å²) < 4.78 is 17.6.